The Hall–Kier alpha value is -0.640. The molecule has 0 aromatic carbocycles. The van der Waals surface area contributed by atoms with E-state index in [1.54, 1.807) is 11.3 Å². The summed E-state index contributed by atoms with van der Waals surface area (Å²) < 4.78 is 0. The van der Waals surface area contributed by atoms with E-state index in [0.717, 1.165) is 17.6 Å². The van der Waals surface area contributed by atoms with Gasteiger partial charge in [-0.05, 0) is 19.3 Å². The number of unbranched alkanes of at least 4 members (excludes halogenated alkanes) is 3. The third kappa shape index (κ3) is 3.45. The fourth-order valence-corrected chi connectivity index (χ4v) is 2.49. The zero-order valence-electron chi connectivity index (χ0n) is 9.33. The first-order valence-corrected chi connectivity index (χ1v) is 6.79. The van der Waals surface area contributed by atoms with Crippen LogP contribution in [0.1, 0.15) is 56.4 Å². The van der Waals surface area contributed by atoms with E-state index in [1.807, 2.05) is 0 Å². The highest BCUT2D eigenvalue weighted by atomic mass is 32.1. The number of aromatic nitrogens is 2. The molecule has 1 fully saturated rings. The van der Waals surface area contributed by atoms with E-state index in [0.29, 0.717) is 0 Å². The number of hydrogen-bond acceptors (Lipinski definition) is 4. The monoisotopic (exact) mass is 225 g/mol. The minimum absolute atomic E-state index is 0.734. The standard InChI is InChI=1S/C11H19N3S/c1-2-3-4-5-8-12-11-14-13-10(15-11)9-6-7-9/h9H,2-8H2,1H3,(H,12,14). The minimum Gasteiger partial charge on any atom is -0.360 e. The lowest BCUT2D eigenvalue weighted by atomic mass is 10.2. The van der Waals surface area contributed by atoms with E-state index in [1.165, 1.54) is 43.5 Å². The number of rotatable bonds is 7. The first-order valence-electron chi connectivity index (χ1n) is 5.97. The molecule has 2 rings (SSSR count). The van der Waals surface area contributed by atoms with Gasteiger partial charge < -0.3 is 5.32 Å². The molecule has 0 aliphatic heterocycles. The van der Waals surface area contributed by atoms with Gasteiger partial charge in [0.05, 0.1) is 0 Å². The summed E-state index contributed by atoms with van der Waals surface area (Å²) >= 11 is 1.73. The maximum Gasteiger partial charge on any atom is 0.205 e. The second-order valence-corrected chi connectivity index (χ2v) is 5.22. The van der Waals surface area contributed by atoms with Gasteiger partial charge in [0.1, 0.15) is 5.01 Å². The Balaban J connectivity index is 1.64. The average molecular weight is 225 g/mol. The van der Waals surface area contributed by atoms with E-state index in [2.05, 4.69) is 22.4 Å². The Morgan fingerprint density at radius 2 is 2.13 bits per heavy atom. The fourth-order valence-electron chi connectivity index (χ4n) is 1.55. The number of nitrogens with zero attached hydrogens (tertiary/aromatic N) is 2. The van der Waals surface area contributed by atoms with E-state index in [-0.39, 0.29) is 0 Å². The summed E-state index contributed by atoms with van der Waals surface area (Å²) in [5, 5.41) is 13.9. The number of hydrogen-bond donors (Lipinski definition) is 1. The van der Waals surface area contributed by atoms with Crippen LogP contribution >= 0.6 is 11.3 Å². The lowest BCUT2D eigenvalue weighted by Gasteiger charge is -2.00. The third-order valence-corrected chi connectivity index (χ3v) is 3.72. The molecule has 1 aromatic heterocycles. The quantitative estimate of drug-likeness (QED) is 0.723. The third-order valence-electron chi connectivity index (χ3n) is 2.67. The Morgan fingerprint density at radius 1 is 1.27 bits per heavy atom. The molecule has 84 valence electrons. The summed E-state index contributed by atoms with van der Waals surface area (Å²) in [5.74, 6) is 0.734. The summed E-state index contributed by atoms with van der Waals surface area (Å²) in [6, 6.07) is 0. The van der Waals surface area contributed by atoms with Gasteiger partial charge in [-0.25, -0.2) is 0 Å². The van der Waals surface area contributed by atoms with Crippen LogP contribution in [-0.2, 0) is 0 Å². The van der Waals surface area contributed by atoms with Gasteiger partial charge in [-0.1, -0.05) is 37.5 Å². The zero-order chi connectivity index (χ0) is 10.5. The molecule has 1 aromatic rings. The molecular weight excluding hydrogens is 206 g/mol. The number of nitrogens with one attached hydrogen (secondary N) is 1. The molecule has 1 heterocycles. The number of anilines is 1. The first kappa shape index (κ1) is 10.9. The van der Waals surface area contributed by atoms with Crippen molar-refractivity contribution in [1.29, 1.82) is 0 Å². The van der Waals surface area contributed by atoms with Crippen molar-refractivity contribution in [1.82, 2.24) is 10.2 Å². The van der Waals surface area contributed by atoms with Crippen LogP contribution < -0.4 is 5.32 Å². The van der Waals surface area contributed by atoms with Crippen molar-refractivity contribution in [3.63, 3.8) is 0 Å². The summed E-state index contributed by atoms with van der Waals surface area (Å²) in [6.45, 7) is 3.28. The SMILES string of the molecule is CCCCCCNc1nnc(C2CC2)s1. The van der Waals surface area contributed by atoms with Crippen molar-refractivity contribution in [2.75, 3.05) is 11.9 Å². The highest BCUT2D eigenvalue weighted by molar-refractivity contribution is 7.15. The van der Waals surface area contributed by atoms with Crippen LogP contribution in [-0.4, -0.2) is 16.7 Å². The summed E-state index contributed by atoms with van der Waals surface area (Å²) in [4.78, 5) is 0. The predicted molar refractivity (Wildman–Crippen MR) is 64.5 cm³/mol. The molecule has 0 spiro atoms. The molecule has 1 saturated carbocycles. The van der Waals surface area contributed by atoms with Gasteiger partial charge >= 0.3 is 0 Å². The van der Waals surface area contributed by atoms with Crippen LogP contribution in [0.15, 0.2) is 0 Å². The molecule has 0 saturated heterocycles. The molecule has 0 atom stereocenters. The molecule has 0 radical (unpaired) electrons. The van der Waals surface area contributed by atoms with Gasteiger partial charge in [0.2, 0.25) is 5.13 Å². The van der Waals surface area contributed by atoms with E-state index in [4.69, 9.17) is 0 Å². The van der Waals surface area contributed by atoms with Gasteiger partial charge in [-0.3, -0.25) is 0 Å². The van der Waals surface area contributed by atoms with Crippen LogP contribution in [0.2, 0.25) is 0 Å². The molecule has 0 amide bonds. The van der Waals surface area contributed by atoms with Crippen molar-refractivity contribution in [2.45, 2.75) is 51.4 Å². The molecule has 1 N–H and O–H groups in total. The molecule has 0 unspecified atom stereocenters. The Kier molecular flexibility index (Phi) is 3.94. The van der Waals surface area contributed by atoms with E-state index >= 15 is 0 Å². The van der Waals surface area contributed by atoms with Crippen molar-refractivity contribution < 1.29 is 0 Å². The molecule has 0 bridgehead atoms. The summed E-state index contributed by atoms with van der Waals surface area (Å²) in [6.07, 6.45) is 7.82. The van der Waals surface area contributed by atoms with E-state index in [9.17, 15) is 0 Å². The Morgan fingerprint density at radius 3 is 2.87 bits per heavy atom. The van der Waals surface area contributed by atoms with Crippen molar-refractivity contribution in [3.8, 4) is 0 Å². The highest BCUT2D eigenvalue weighted by Crippen LogP contribution is 2.41. The highest BCUT2D eigenvalue weighted by Gasteiger charge is 2.27. The average Bonchev–Trinajstić information content (AvgIpc) is 2.99. The maximum absolute atomic E-state index is 4.20. The maximum atomic E-state index is 4.20. The fraction of sp³-hybridized carbons (Fsp3) is 0.818. The Bertz CT molecular complexity index is 294. The first-order chi connectivity index (χ1) is 7.40. The predicted octanol–water partition coefficient (Wildman–Crippen LogP) is 3.41. The van der Waals surface area contributed by atoms with Crippen LogP contribution in [0.3, 0.4) is 0 Å². The Labute approximate surface area is 95.3 Å². The largest absolute Gasteiger partial charge is 0.360 e. The van der Waals surface area contributed by atoms with Crippen molar-refractivity contribution in [2.24, 2.45) is 0 Å². The topological polar surface area (TPSA) is 37.8 Å². The smallest absolute Gasteiger partial charge is 0.205 e. The van der Waals surface area contributed by atoms with Crippen LogP contribution in [0.4, 0.5) is 5.13 Å². The summed E-state index contributed by atoms with van der Waals surface area (Å²) in [7, 11) is 0. The second kappa shape index (κ2) is 5.45. The second-order valence-electron chi connectivity index (χ2n) is 4.21. The molecule has 4 heteroatoms. The van der Waals surface area contributed by atoms with Crippen molar-refractivity contribution >= 4 is 16.5 Å². The summed E-state index contributed by atoms with van der Waals surface area (Å²) in [5.41, 5.74) is 0. The van der Waals surface area contributed by atoms with Crippen molar-refractivity contribution in [3.05, 3.63) is 5.01 Å². The lowest BCUT2D eigenvalue weighted by molar-refractivity contribution is 0.684. The molecular formula is C11H19N3S. The van der Waals surface area contributed by atoms with Gasteiger partial charge in [-0.2, -0.15) is 0 Å². The molecule has 1 aliphatic carbocycles. The molecule has 15 heavy (non-hydrogen) atoms. The van der Waals surface area contributed by atoms with Gasteiger partial charge in [0.15, 0.2) is 0 Å². The minimum atomic E-state index is 0.734. The zero-order valence-corrected chi connectivity index (χ0v) is 10.1. The normalized spacial score (nSPS) is 15.5. The van der Waals surface area contributed by atoms with E-state index < -0.39 is 0 Å². The van der Waals surface area contributed by atoms with Crippen LogP contribution in [0.5, 0.6) is 0 Å². The molecule has 1 aliphatic rings. The van der Waals surface area contributed by atoms with Gasteiger partial charge in [-0.15, -0.1) is 10.2 Å². The lowest BCUT2D eigenvalue weighted by Crippen LogP contribution is -2.00. The van der Waals surface area contributed by atoms with Gasteiger partial charge in [0.25, 0.3) is 0 Å². The van der Waals surface area contributed by atoms with Gasteiger partial charge in [0, 0.05) is 12.5 Å². The molecule has 3 nitrogen and oxygen atoms in total. The van der Waals surface area contributed by atoms with Crippen LogP contribution in [0.25, 0.3) is 0 Å². The van der Waals surface area contributed by atoms with Crippen LogP contribution in [0, 0.1) is 0 Å².